The third-order valence-electron chi connectivity index (χ3n) is 4.35. The Hall–Kier alpha value is -1.96. The number of rotatable bonds is 4. The number of fused-ring (bicyclic) bond motifs is 1. The normalized spacial score (nSPS) is 16.9. The van der Waals surface area contributed by atoms with Crippen LogP contribution >= 0.6 is 0 Å². The van der Waals surface area contributed by atoms with E-state index in [9.17, 15) is 0 Å². The summed E-state index contributed by atoms with van der Waals surface area (Å²) in [5.74, 6) is 1.52. The van der Waals surface area contributed by atoms with Gasteiger partial charge in [0.1, 0.15) is 5.75 Å². The molecule has 2 heteroatoms. The molecule has 1 unspecified atom stereocenters. The van der Waals surface area contributed by atoms with Gasteiger partial charge >= 0.3 is 0 Å². The van der Waals surface area contributed by atoms with Crippen molar-refractivity contribution >= 4 is 5.69 Å². The Morgan fingerprint density at radius 1 is 1.10 bits per heavy atom. The first-order chi connectivity index (χ1) is 10.2. The largest absolute Gasteiger partial charge is 0.497 e. The second-order valence-electron chi connectivity index (χ2n) is 6.08. The average Bonchev–Trinajstić information content (AvgIpc) is 2.90. The van der Waals surface area contributed by atoms with Gasteiger partial charge in [-0.2, -0.15) is 0 Å². The number of nitrogens with one attached hydrogen (secondary N) is 1. The summed E-state index contributed by atoms with van der Waals surface area (Å²) in [6, 6.07) is 15.6. The summed E-state index contributed by atoms with van der Waals surface area (Å²) < 4.78 is 5.35. The SMILES string of the molecule is COc1ccc2c(c1)C(Nc1ccc(C(C)C)cc1)CC2. The summed E-state index contributed by atoms with van der Waals surface area (Å²) in [6.45, 7) is 4.45. The quantitative estimate of drug-likeness (QED) is 0.859. The minimum atomic E-state index is 0.389. The van der Waals surface area contributed by atoms with Crippen LogP contribution in [0.2, 0.25) is 0 Å². The number of benzene rings is 2. The van der Waals surface area contributed by atoms with Gasteiger partial charge in [-0.25, -0.2) is 0 Å². The molecule has 3 rings (SSSR count). The molecule has 1 atom stereocenters. The van der Waals surface area contributed by atoms with Crippen LogP contribution in [0.25, 0.3) is 0 Å². The van der Waals surface area contributed by atoms with Crippen molar-refractivity contribution < 1.29 is 4.74 Å². The van der Waals surface area contributed by atoms with Gasteiger partial charge < -0.3 is 10.1 Å². The number of anilines is 1. The lowest BCUT2D eigenvalue weighted by Crippen LogP contribution is -2.07. The maximum atomic E-state index is 5.35. The van der Waals surface area contributed by atoms with Crippen molar-refractivity contribution in [1.82, 2.24) is 0 Å². The van der Waals surface area contributed by atoms with Crippen LogP contribution in [0.4, 0.5) is 5.69 Å². The number of aryl methyl sites for hydroxylation is 1. The van der Waals surface area contributed by atoms with E-state index in [0.29, 0.717) is 12.0 Å². The van der Waals surface area contributed by atoms with Gasteiger partial charge in [-0.1, -0.05) is 32.0 Å². The lowest BCUT2D eigenvalue weighted by atomic mass is 10.0. The molecule has 2 nitrogen and oxygen atoms in total. The molecule has 0 aliphatic heterocycles. The van der Waals surface area contributed by atoms with E-state index in [1.807, 2.05) is 0 Å². The second kappa shape index (κ2) is 5.80. The Balaban J connectivity index is 1.78. The van der Waals surface area contributed by atoms with Crippen molar-refractivity contribution in [3.63, 3.8) is 0 Å². The first kappa shape index (κ1) is 14.0. The van der Waals surface area contributed by atoms with E-state index in [0.717, 1.165) is 18.6 Å². The molecule has 1 N–H and O–H groups in total. The molecule has 0 aromatic heterocycles. The highest BCUT2D eigenvalue weighted by molar-refractivity contribution is 5.50. The molecule has 2 aromatic rings. The number of hydrogen-bond donors (Lipinski definition) is 1. The summed E-state index contributed by atoms with van der Waals surface area (Å²) in [5.41, 5.74) is 5.39. The van der Waals surface area contributed by atoms with Crippen LogP contribution in [0.1, 0.15) is 48.9 Å². The summed E-state index contributed by atoms with van der Waals surface area (Å²) in [5, 5.41) is 3.66. The third-order valence-corrected chi connectivity index (χ3v) is 4.35. The van der Waals surface area contributed by atoms with Gasteiger partial charge in [-0.3, -0.25) is 0 Å². The molecule has 0 amide bonds. The molecule has 0 bridgehead atoms. The fourth-order valence-corrected chi connectivity index (χ4v) is 3.02. The Morgan fingerprint density at radius 3 is 2.52 bits per heavy atom. The molecular formula is C19H23NO. The van der Waals surface area contributed by atoms with Crippen molar-refractivity contribution in [2.24, 2.45) is 0 Å². The van der Waals surface area contributed by atoms with Gasteiger partial charge in [0, 0.05) is 5.69 Å². The second-order valence-corrected chi connectivity index (χ2v) is 6.08. The van der Waals surface area contributed by atoms with Crippen molar-refractivity contribution in [3.8, 4) is 5.75 Å². The van der Waals surface area contributed by atoms with Gasteiger partial charge in [0.05, 0.1) is 13.2 Å². The molecule has 2 aromatic carbocycles. The average molecular weight is 281 g/mol. The molecule has 110 valence electrons. The summed E-state index contributed by atoms with van der Waals surface area (Å²) in [7, 11) is 1.73. The van der Waals surface area contributed by atoms with Crippen LogP contribution in [0.5, 0.6) is 5.75 Å². The molecule has 0 saturated heterocycles. The maximum absolute atomic E-state index is 5.35. The summed E-state index contributed by atoms with van der Waals surface area (Å²) in [6.07, 6.45) is 2.29. The van der Waals surface area contributed by atoms with Gasteiger partial charge in [-0.15, -0.1) is 0 Å². The monoisotopic (exact) mass is 281 g/mol. The van der Waals surface area contributed by atoms with Crippen LogP contribution in [0.3, 0.4) is 0 Å². The molecule has 0 spiro atoms. The molecule has 1 aliphatic rings. The summed E-state index contributed by atoms with van der Waals surface area (Å²) >= 11 is 0. The van der Waals surface area contributed by atoms with Crippen LogP contribution in [-0.2, 0) is 6.42 Å². The molecule has 0 heterocycles. The minimum absolute atomic E-state index is 0.389. The van der Waals surface area contributed by atoms with E-state index in [-0.39, 0.29) is 0 Å². The van der Waals surface area contributed by atoms with E-state index >= 15 is 0 Å². The van der Waals surface area contributed by atoms with E-state index in [1.54, 1.807) is 7.11 Å². The number of methoxy groups -OCH3 is 1. The van der Waals surface area contributed by atoms with E-state index < -0.39 is 0 Å². The van der Waals surface area contributed by atoms with Gasteiger partial charge in [0.15, 0.2) is 0 Å². The highest BCUT2D eigenvalue weighted by atomic mass is 16.5. The first-order valence-electron chi connectivity index (χ1n) is 7.70. The lowest BCUT2D eigenvalue weighted by Gasteiger charge is -2.17. The van der Waals surface area contributed by atoms with Crippen LogP contribution in [-0.4, -0.2) is 7.11 Å². The standard InChI is InChI=1S/C19H23NO/c1-13(2)14-4-8-16(9-5-14)20-19-11-7-15-6-10-17(21-3)12-18(15)19/h4-6,8-10,12-13,19-20H,7,11H2,1-3H3. The van der Waals surface area contributed by atoms with Gasteiger partial charge in [0.25, 0.3) is 0 Å². The number of hydrogen-bond acceptors (Lipinski definition) is 2. The van der Waals surface area contributed by atoms with Gasteiger partial charge in [-0.05, 0) is 59.7 Å². The lowest BCUT2D eigenvalue weighted by molar-refractivity contribution is 0.414. The van der Waals surface area contributed by atoms with Crippen molar-refractivity contribution in [2.45, 2.75) is 38.6 Å². The van der Waals surface area contributed by atoms with Gasteiger partial charge in [0.2, 0.25) is 0 Å². The predicted molar refractivity (Wildman–Crippen MR) is 88.2 cm³/mol. The Morgan fingerprint density at radius 2 is 1.86 bits per heavy atom. The smallest absolute Gasteiger partial charge is 0.119 e. The molecular weight excluding hydrogens is 258 g/mol. The Labute approximate surface area is 127 Å². The Bertz CT molecular complexity index is 616. The van der Waals surface area contributed by atoms with E-state index in [2.05, 4.69) is 61.6 Å². The van der Waals surface area contributed by atoms with Crippen molar-refractivity contribution in [1.29, 1.82) is 0 Å². The summed E-state index contributed by atoms with van der Waals surface area (Å²) in [4.78, 5) is 0. The third kappa shape index (κ3) is 2.90. The minimum Gasteiger partial charge on any atom is -0.497 e. The fraction of sp³-hybridized carbons (Fsp3) is 0.368. The van der Waals surface area contributed by atoms with Crippen LogP contribution < -0.4 is 10.1 Å². The predicted octanol–water partition coefficient (Wildman–Crippen LogP) is 4.92. The molecule has 21 heavy (non-hydrogen) atoms. The molecule has 0 saturated carbocycles. The van der Waals surface area contributed by atoms with E-state index in [4.69, 9.17) is 4.74 Å². The van der Waals surface area contributed by atoms with Crippen LogP contribution in [0, 0.1) is 0 Å². The van der Waals surface area contributed by atoms with Crippen molar-refractivity contribution in [3.05, 3.63) is 59.2 Å². The zero-order valence-electron chi connectivity index (χ0n) is 13.0. The molecule has 0 fully saturated rings. The maximum Gasteiger partial charge on any atom is 0.119 e. The zero-order valence-corrected chi connectivity index (χ0v) is 13.0. The first-order valence-corrected chi connectivity index (χ1v) is 7.70. The molecule has 0 radical (unpaired) electrons. The molecule has 1 aliphatic carbocycles. The highest BCUT2D eigenvalue weighted by Gasteiger charge is 2.22. The number of ether oxygens (including phenoxy) is 1. The fourth-order valence-electron chi connectivity index (χ4n) is 3.02. The Kier molecular flexibility index (Phi) is 3.87. The topological polar surface area (TPSA) is 21.3 Å². The zero-order chi connectivity index (χ0) is 14.8. The van der Waals surface area contributed by atoms with Crippen molar-refractivity contribution in [2.75, 3.05) is 12.4 Å². The van der Waals surface area contributed by atoms with Crippen LogP contribution in [0.15, 0.2) is 42.5 Å². The highest BCUT2D eigenvalue weighted by Crippen LogP contribution is 2.36. The van der Waals surface area contributed by atoms with E-state index in [1.165, 1.54) is 22.4 Å².